The minimum absolute atomic E-state index is 0.309. The molecule has 0 aliphatic carbocycles. The Bertz CT molecular complexity index is 2090. The summed E-state index contributed by atoms with van der Waals surface area (Å²) in [6.07, 6.45) is 3.05. The van der Waals surface area contributed by atoms with Crippen LogP contribution in [0.3, 0.4) is 0 Å². The first-order valence-corrected chi connectivity index (χ1v) is 15.1. The van der Waals surface area contributed by atoms with Crippen molar-refractivity contribution in [3.05, 3.63) is 108 Å². The van der Waals surface area contributed by atoms with Gasteiger partial charge in [0.25, 0.3) is 5.91 Å². The Labute approximate surface area is 242 Å². The van der Waals surface area contributed by atoms with Gasteiger partial charge >= 0.3 is 0 Å². The van der Waals surface area contributed by atoms with Crippen LogP contribution in [-0.2, 0) is 10.0 Å². The highest BCUT2D eigenvalue weighted by Crippen LogP contribution is 2.42. The van der Waals surface area contributed by atoms with Crippen molar-refractivity contribution in [2.24, 2.45) is 0 Å². The van der Waals surface area contributed by atoms with Crippen LogP contribution in [0.25, 0.3) is 50.0 Å². The van der Waals surface area contributed by atoms with Gasteiger partial charge in [0.15, 0.2) is 0 Å². The summed E-state index contributed by atoms with van der Waals surface area (Å²) in [5, 5.41) is 4.19. The summed E-state index contributed by atoms with van der Waals surface area (Å²) in [4.78, 5) is 13.2. The number of nitrogens with zero attached hydrogens (tertiary/aromatic N) is 2. The first kappa shape index (κ1) is 27.3. The minimum atomic E-state index is -3.64. The normalized spacial score (nSPS) is 11.7. The molecule has 9 heteroatoms. The van der Waals surface area contributed by atoms with Crippen molar-refractivity contribution in [2.75, 3.05) is 24.7 Å². The van der Waals surface area contributed by atoms with Crippen molar-refractivity contribution < 1.29 is 22.0 Å². The van der Waals surface area contributed by atoms with Gasteiger partial charge in [-0.3, -0.25) is 9.10 Å². The number of aryl methyl sites for hydroxylation is 1. The lowest BCUT2D eigenvalue weighted by molar-refractivity contribution is 0.0964. The summed E-state index contributed by atoms with van der Waals surface area (Å²) in [6, 6.07) is 25.2. The highest BCUT2D eigenvalue weighted by Gasteiger charge is 2.26. The summed E-state index contributed by atoms with van der Waals surface area (Å²) in [6.45, 7) is 1.98. The molecule has 4 aromatic carbocycles. The van der Waals surface area contributed by atoms with Crippen LogP contribution in [-0.4, -0.2) is 39.2 Å². The average molecular weight is 582 g/mol. The van der Waals surface area contributed by atoms with E-state index in [9.17, 15) is 17.6 Å². The Balaban J connectivity index is 1.59. The number of furan rings is 1. The van der Waals surface area contributed by atoms with E-state index in [2.05, 4.69) is 5.32 Å². The molecule has 0 aliphatic heterocycles. The molecule has 0 unspecified atom stereocenters. The number of benzene rings is 4. The van der Waals surface area contributed by atoms with E-state index in [0.29, 0.717) is 33.5 Å². The Hall–Kier alpha value is -4.89. The van der Waals surface area contributed by atoms with Crippen molar-refractivity contribution in [1.82, 2.24) is 9.88 Å². The predicted molar refractivity (Wildman–Crippen MR) is 165 cm³/mol. The highest BCUT2D eigenvalue weighted by atomic mass is 32.2. The van der Waals surface area contributed by atoms with Crippen LogP contribution < -0.4 is 9.62 Å². The third-order valence-corrected chi connectivity index (χ3v) is 8.71. The van der Waals surface area contributed by atoms with E-state index in [-0.39, 0.29) is 11.7 Å². The fraction of sp³-hybridized carbons (Fsp3) is 0.121. The predicted octanol–water partition coefficient (Wildman–Crippen LogP) is 6.91. The van der Waals surface area contributed by atoms with Gasteiger partial charge in [-0.05, 0) is 61.0 Å². The quantitative estimate of drug-likeness (QED) is 0.232. The average Bonchev–Trinajstić information content (AvgIpc) is 3.57. The number of hydrogen-bond donors (Lipinski definition) is 1. The number of rotatable bonds is 6. The largest absolute Gasteiger partial charge is 0.455 e. The third kappa shape index (κ3) is 4.71. The summed E-state index contributed by atoms with van der Waals surface area (Å²) in [5.74, 6) is -0.219. The van der Waals surface area contributed by atoms with Crippen LogP contribution >= 0.6 is 0 Å². The third-order valence-electron chi connectivity index (χ3n) is 7.52. The molecular formula is C33H28FN3O4S. The molecule has 0 atom stereocenters. The second-order valence-electron chi connectivity index (χ2n) is 10.3. The van der Waals surface area contributed by atoms with E-state index in [1.807, 2.05) is 72.3 Å². The molecule has 0 bridgehead atoms. The number of carbonyl (C=O) groups excluding carboxylic acids is 1. The molecule has 42 heavy (non-hydrogen) atoms. The van der Waals surface area contributed by atoms with E-state index in [1.54, 1.807) is 25.2 Å². The van der Waals surface area contributed by atoms with Crippen LogP contribution in [0, 0.1) is 12.7 Å². The lowest BCUT2D eigenvalue weighted by Gasteiger charge is -2.21. The van der Waals surface area contributed by atoms with Gasteiger partial charge in [-0.1, -0.05) is 35.9 Å². The zero-order valence-electron chi connectivity index (χ0n) is 23.5. The maximum absolute atomic E-state index is 13.5. The van der Waals surface area contributed by atoms with E-state index >= 15 is 0 Å². The lowest BCUT2D eigenvalue weighted by Crippen LogP contribution is -2.25. The topological polar surface area (TPSA) is 84.6 Å². The number of hydrogen-bond acceptors (Lipinski definition) is 4. The molecule has 2 heterocycles. The summed E-state index contributed by atoms with van der Waals surface area (Å²) in [7, 11) is -0.581. The molecular weight excluding hydrogens is 553 g/mol. The lowest BCUT2D eigenvalue weighted by atomic mass is 9.97. The molecule has 2 aromatic heterocycles. The molecule has 6 rings (SSSR count). The van der Waals surface area contributed by atoms with E-state index in [1.165, 1.54) is 23.5 Å². The number of sulfonamides is 1. The van der Waals surface area contributed by atoms with Crippen LogP contribution in [0.4, 0.5) is 10.1 Å². The van der Waals surface area contributed by atoms with Crippen molar-refractivity contribution in [3.8, 4) is 28.1 Å². The van der Waals surface area contributed by atoms with Gasteiger partial charge in [0.2, 0.25) is 10.0 Å². The zero-order valence-corrected chi connectivity index (χ0v) is 24.3. The molecule has 0 fully saturated rings. The first-order chi connectivity index (χ1) is 20.0. The van der Waals surface area contributed by atoms with Crippen molar-refractivity contribution >= 4 is 43.5 Å². The van der Waals surface area contributed by atoms with Gasteiger partial charge in [0.05, 0.1) is 23.0 Å². The van der Waals surface area contributed by atoms with E-state index < -0.39 is 10.0 Å². The Kier molecular flexibility index (Phi) is 6.62. The monoisotopic (exact) mass is 581 g/mol. The van der Waals surface area contributed by atoms with Crippen LogP contribution in [0.15, 0.2) is 95.5 Å². The smallest absolute Gasteiger partial charge is 0.255 e. The number of amides is 1. The standard InChI is InChI=1S/C33H28FN3O4S/c1-20-5-7-21(8-6-20)32-31(33(38)35-2)27-18-26(29(19-30(27)41-32)36(3)42(4,39)40)22-9-14-28-23(17-22)15-16-37(28)25-12-10-24(34)11-13-25/h5-19H,1-4H3,(H,35,38). The van der Waals surface area contributed by atoms with Crippen molar-refractivity contribution in [2.45, 2.75) is 6.92 Å². The van der Waals surface area contributed by atoms with Gasteiger partial charge in [-0.15, -0.1) is 0 Å². The minimum Gasteiger partial charge on any atom is -0.455 e. The maximum Gasteiger partial charge on any atom is 0.255 e. The number of anilines is 1. The maximum atomic E-state index is 13.5. The molecule has 6 aromatic rings. The van der Waals surface area contributed by atoms with Gasteiger partial charge in [0, 0.05) is 53.9 Å². The number of fused-ring (bicyclic) bond motifs is 2. The number of nitrogens with one attached hydrogen (secondary N) is 1. The molecule has 1 N–H and O–H groups in total. The summed E-state index contributed by atoms with van der Waals surface area (Å²) >= 11 is 0. The van der Waals surface area contributed by atoms with Gasteiger partial charge in [-0.25, -0.2) is 12.8 Å². The summed E-state index contributed by atoms with van der Waals surface area (Å²) < 4.78 is 48.4. The van der Waals surface area contributed by atoms with Gasteiger partial charge in [0.1, 0.15) is 17.2 Å². The second-order valence-corrected chi connectivity index (χ2v) is 12.3. The van der Waals surface area contributed by atoms with Crippen molar-refractivity contribution in [1.29, 1.82) is 0 Å². The fourth-order valence-electron chi connectivity index (χ4n) is 5.20. The fourth-order valence-corrected chi connectivity index (χ4v) is 5.71. The zero-order chi connectivity index (χ0) is 29.8. The van der Waals surface area contributed by atoms with E-state index in [0.717, 1.165) is 39.5 Å². The molecule has 1 amide bonds. The number of halogens is 1. The molecule has 0 aliphatic rings. The Morgan fingerprint density at radius 2 is 1.62 bits per heavy atom. The molecule has 0 spiro atoms. The van der Waals surface area contributed by atoms with E-state index in [4.69, 9.17) is 4.42 Å². The highest BCUT2D eigenvalue weighted by molar-refractivity contribution is 7.92. The SMILES string of the molecule is CNC(=O)c1c(-c2ccc(C)cc2)oc2cc(N(C)S(C)(=O)=O)c(-c3ccc4c(ccn4-c4ccc(F)cc4)c3)cc12. The van der Waals surface area contributed by atoms with Crippen LogP contribution in [0.2, 0.25) is 0 Å². The molecule has 0 saturated carbocycles. The van der Waals surface area contributed by atoms with Crippen LogP contribution in [0.5, 0.6) is 0 Å². The molecule has 7 nitrogen and oxygen atoms in total. The first-order valence-electron chi connectivity index (χ1n) is 13.3. The second kappa shape index (κ2) is 10.2. The van der Waals surface area contributed by atoms with Gasteiger partial charge < -0.3 is 14.3 Å². The summed E-state index contributed by atoms with van der Waals surface area (Å²) in [5.41, 5.74) is 6.07. The number of aromatic nitrogens is 1. The van der Waals surface area contributed by atoms with Gasteiger partial charge in [-0.2, -0.15) is 0 Å². The number of carbonyl (C=O) groups is 1. The molecule has 0 radical (unpaired) electrons. The van der Waals surface area contributed by atoms with Crippen molar-refractivity contribution in [3.63, 3.8) is 0 Å². The molecule has 212 valence electrons. The van der Waals surface area contributed by atoms with Crippen LogP contribution in [0.1, 0.15) is 15.9 Å². The molecule has 0 saturated heterocycles. The Morgan fingerprint density at radius 1 is 0.929 bits per heavy atom. The Morgan fingerprint density at radius 3 is 2.29 bits per heavy atom.